The van der Waals surface area contributed by atoms with Gasteiger partial charge >= 0.3 is 0 Å². The van der Waals surface area contributed by atoms with Crippen LogP contribution < -0.4 is 0 Å². The molecule has 0 radical (unpaired) electrons. The Morgan fingerprint density at radius 1 is 1.18 bits per heavy atom. The van der Waals surface area contributed by atoms with Crippen molar-refractivity contribution in [3.63, 3.8) is 0 Å². The van der Waals surface area contributed by atoms with Gasteiger partial charge in [0.05, 0.1) is 17.3 Å². The Morgan fingerprint density at radius 2 is 1.88 bits per heavy atom. The maximum Gasteiger partial charge on any atom is 0.178 e. The summed E-state index contributed by atoms with van der Waals surface area (Å²) >= 11 is 0. The minimum atomic E-state index is -0.0551. The molecule has 2 aromatic rings. The second-order valence-electron chi connectivity index (χ2n) is 3.65. The third kappa shape index (κ3) is 2.37. The number of nitriles is 1. The number of carbonyl (C=O) groups excluding carboxylic acids is 1. The minimum absolute atomic E-state index is 0.0551. The zero-order chi connectivity index (χ0) is 12.3. The van der Waals surface area contributed by atoms with E-state index in [1.165, 1.54) is 6.92 Å². The summed E-state index contributed by atoms with van der Waals surface area (Å²) in [6, 6.07) is 14.5. The molecular formula is C14H10N2O. The van der Waals surface area contributed by atoms with E-state index in [1.54, 1.807) is 24.3 Å². The lowest BCUT2D eigenvalue weighted by Gasteiger charge is -2.02. The van der Waals surface area contributed by atoms with Crippen LogP contribution in [0.25, 0.3) is 11.3 Å². The van der Waals surface area contributed by atoms with Gasteiger partial charge in [-0.1, -0.05) is 18.2 Å². The molecule has 0 unspecified atom stereocenters. The van der Waals surface area contributed by atoms with Crippen molar-refractivity contribution in [3.05, 3.63) is 53.7 Å². The summed E-state index contributed by atoms with van der Waals surface area (Å²) in [6.45, 7) is 1.49. The fraction of sp³-hybridized carbons (Fsp3) is 0.0714. The van der Waals surface area contributed by atoms with Crippen molar-refractivity contribution in [2.75, 3.05) is 0 Å². The molecule has 0 spiro atoms. The van der Waals surface area contributed by atoms with Crippen LogP contribution in [0.4, 0.5) is 0 Å². The van der Waals surface area contributed by atoms with E-state index in [9.17, 15) is 4.79 Å². The Labute approximate surface area is 99.4 Å². The number of hydrogen-bond acceptors (Lipinski definition) is 3. The standard InChI is InChI=1S/C14H10N2O/c1-10(17)13-3-2-4-14(16-13)12-7-5-11(9-15)6-8-12/h2-8H,1H3. The molecular weight excluding hydrogens is 212 g/mol. The van der Waals surface area contributed by atoms with Crippen LogP contribution in [0.15, 0.2) is 42.5 Å². The third-order valence-corrected chi connectivity index (χ3v) is 2.42. The topological polar surface area (TPSA) is 53.8 Å². The van der Waals surface area contributed by atoms with Crippen molar-refractivity contribution in [1.29, 1.82) is 5.26 Å². The number of ketones is 1. The fourth-order valence-corrected chi connectivity index (χ4v) is 1.51. The molecule has 0 aliphatic rings. The number of nitrogens with zero attached hydrogens (tertiary/aromatic N) is 2. The molecule has 17 heavy (non-hydrogen) atoms. The quantitative estimate of drug-likeness (QED) is 0.734. The molecule has 0 amide bonds. The van der Waals surface area contributed by atoms with Gasteiger partial charge < -0.3 is 0 Å². The van der Waals surface area contributed by atoms with E-state index in [1.807, 2.05) is 18.2 Å². The highest BCUT2D eigenvalue weighted by Crippen LogP contribution is 2.17. The molecule has 1 aromatic carbocycles. The van der Waals surface area contributed by atoms with Crippen molar-refractivity contribution in [2.24, 2.45) is 0 Å². The van der Waals surface area contributed by atoms with E-state index in [-0.39, 0.29) is 5.78 Å². The molecule has 0 saturated heterocycles. The van der Waals surface area contributed by atoms with Crippen molar-refractivity contribution >= 4 is 5.78 Å². The molecule has 3 heteroatoms. The number of aromatic nitrogens is 1. The van der Waals surface area contributed by atoms with Gasteiger partial charge in [0.25, 0.3) is 0 Å². The first-order valence-electron chi connectivity index (χ1n) is 5.19. The highest BCUT2D eigenvalue weighted by molar-refractivity contribution is 5.92. The monoisotopic (exact) mass is 222 g/mol. The molecule has 0 bridgehead atoms. The van der Waals surface area contributed by atoms with Gasteiger partial charge in [0.15, 0.2) is 5.78 Å². The van der Waals surface area contributed by atoms with Gasteiger partial charge in [-0.25, -0.2) is 4.98 Å². The molecule has 0 aliphatic heterocycles. The zero-order valence-corrected chi connectivity index (χ0v) is 9.34. The van der Waals surface area contributed by atoms with Crippen LogP contribution in [0.2, 0.25) is 0 Å². The molecule has 0 N–H and O–H groups in total. The molecule has 0 atom stereocenters. The van der Waals surface area contributed by atoms with Crippen molar-refractivity contribution < 1.29 is 4.79 Å². The van der Waals surface area contributed by atoms with Gasteiger partial charge in [-0.05, 0) is 24.3 Å². The second kappa shape index (κ2) is 4.58. The highest BCUT2D eigenvalue weighted by atomic mass is 16.1. The molecule has 3 nitrogen and oxygen atoms in total. The summed E-state index contributed by atoms with van der Waals surface area (Å²) in [6.07, 6.45) is 0. The van der Waals surface area contributed by atoms with E-state index >= 15 is 0 Å². The van der Waals surface area contributed by atoms with Gasteiger partial charge in [-0.2, -0.15) is 5.26 Å². The summed E-state index contributed by atoms with van der Waals surface area (Å²) in [5.74, 6) is -0.0551. The fourth-order valence-electron chi connectivity index (χ4n) is 1.51. The Balaban J connectivity index is 2.42. The summed E-state index contributed by atoms with van der Waals surface area (Å²) < 4.78 is 0. The molecule has 0 fully saturated rings. The predicted molar refractivity (Wildman–Crippen MR) is 64.4 cm³/mol. The first kappa shape index (κ1) is 11.0. The Morgan fingerprint density at radius 3 is 2.47 bits per heavy atom. The predicted octanol–water partition coefficient (Wildman–Crippen LogP) is 2.82. The molecule has 1 heterocycles. The summed E-state index contributed by atoms with van der Waals surface area (Å²) in [7, 11) is 0. The van der Waals surface area contributed by atoms with Crippen LogP contribution in [-0.2, 0) is 0 Å². The normalized spacial score (nSPS) is 9.65. The maximum absolute atomic E-state index is 11.2. The van der Waals surface area contributed by atoms with E-state index in [0.29, 0.717) is 11.3 Å². The van der Waals surface area contributed by atoms with Crippen molar-refractivity contribution in [2.45, 2.75) is 6.92 Å². The lowest BCUT2D eigenvalue weighted by molar-refractivity contribution is 0.101. The van der Waals surface area contributed by atoms with Gasteiger partial charge in [-0.15, -0.1) is 0 Å². The van der Waals surface area contributed by atoms with Gasteiger partial charge in [0.2, 0.25) is 0 Å². The number of Topliss-reactive ketones (excluding diaryl/α,β-unsaturated/α-hetero) is 1. The second-order valence-corrected chi connectivity index (χ2v) is 3.65. The summed E-state index contributed by atoms with van der Waals surface area (Å²) in [5.41, 5.74) is 2.69. The zero-order valence-electron chi connectivity index (χ0n) is 9.34. The van der Waals surface area contributed by atoms with Crippen molar-refractivity contribution in [3.8, 4) is 17.3 Å². The average Bonchev–Trinajstić information content (AvgIpc) is 2.39. The molecule has 2 rings (SSSR count). The molecule has 0 saturated carbocycles. The largest absolute Gasteiger partial charge is 0.293 e. The van der Waals surface area contributed by atoms with E-state index in [4.69, 9.17) is 5.26 Å². The Hall–Kier alpha value is -2.47. The smallest absolute Gasteiger partial charge is 0.178 e. The van der Waals surface area contributed by atoms with Crippen LogP contribution in [-0.4, -0.2) is 10.8 Å². The first-order valence-corrected chi connectivity index (χ1v) is 5.19. The third-order valence-electron chi connectivity index (χ3n) is 2.42. The number of benzene rings is 1. The maximum atomic E-state index is 11.2. The van der Waals surface area contributed by atoms with Crippen LogP contribution >= 0.6 is 0 Å². The van der Waals surface area contributed by atoms with Gasteiger partial charge in [-0.3, -0.25) is 4.79 Å². The van der Waals surface area contributed by atoms with Crippen molar-refractivity contribution in [1.82, 2.24) is 4.98 Å². The molecule has 1 aromatic heterocycles. The Bertz CT molecular complexity index is 594. The van der Waals surface area contributed by atoms with Crippen LogP contribution in [0.5, 0.6) is 0 Å². The lowest BCUT2D eigenvalue weighted by Crippen LogP contribution is -1.97. The number of rotatable bonds is 2. The number of carbonyl (C=O) groups is 1. The van der Waals surface area contributed by atoms with E-state index in [2.05, 4.69) is 11.1 Å². The van der Waals surface area contributed by atoms with E-state index in [0.717, 1.165) is 11.3 Å². The van der Waals surface area contributed by atoms with Crippen LogP contribution in [0, 0.1) is 11.3 Å². The average molecular weight is 222 g/mol. The molecule has 0 aliphatic carbocycles. The number of hydrogen-bond donors (Lipinski definition) is 0. The Kier molecular flexibility index (Phi) is 2.97. The SMILES string of the molecule is CC(=O)c1cccc(-c2ccc(C#N)cc2)n1. The summed E-state index contributed by atoms with van der Waals surface area (Å²) in [4.78, 5) is 15.5. The first-order chi connectivity index (χ1) is 8.20. The van der Waals surface area contributed by atoms with Gasteiger partial charge in [0, 0.05) is 12.5 Å². The summed E-state index contributed by atoms with van der Waals surface area (Å²) in [5, 5.41) is 8.71. The molecule has 82 valence electrons. The number of pyridine rings is 1. The van der Waals surface area contributed by atoms with E-state index < -0.39 is 0 Å². The van der Waals surface area contributed by atoms with Crippen LogP contribution in [0.3, 0.4) is 0 Å². The van der Waals surface area contributed by atoms with Gasteiger partial charge in [0.1, 0.15) is 5.69 Å². The van der Waals surface area contributed by atoms with Crippen LogP contribution in [0.1, 0.15) is 23.0 Å². The lowest BCUT2D eigenvalue weighted by atomic mass is 10.1. The minimum Gasteiger partial charge on any atom is -0.293 e. The highest BCUT2D eigenvalue weighted by Gasteiger charge is 2.04.